The van der Waals surface area contributed by atoms with Crippen LogP contribution in [0, 0.1) is 46.3 Å². The summed E-state index contributed by atoms with van der Waals surface area (Å²) in [7, 11) is 0. The minimum Gasteiger partial charge on any atom is -0.393 e. The highest BCUT2D eigenvalue weighted by Crippen LogP contribution is 2.74. The van der Waals surface area contributed by atoms with Crippen LogP contribution in [0.2, 0.25) is 0 Å². The van der Waals surface area contributed by atoms with Crippen molar-refractivity contribution in [1.82, 2.24) is 0 Å². The van der Waals surface area contributed by atoms with Gasteiger partial charge in [0.05, 0.1) is 18.9 Å². The number of ether oxygens (including phenoxy) is 1. The monoisotopic (exact) mass is 420 g/mol. The molecule has 0 aromatic carbocycles. The lowest BCUT2D eigenvalue weighted by Gasteiger charge is -2.59. The number of hydrogen-bond acceptors (Lipinski definition) is 2. The first-order valence-corrected chi connectivity index (χ1v) is 13.2. The van der Waals surface area contributed by atoms with Crippen LogP contribution in [0.4, 0.5) is 4.39 Å². The van der Waals surface area contributed by atoms with Gasteiger partial charge in [-0.2, -0.15) is 0 Å². The smallest absolute Gasteiger partial charge is 0.106 e. The van der Waals surface area contributed by atoms with Crippen molar-refractivity contribution >= 4 is 0 Å². The molecule has 1 saturated heterocycles. The number of alkyl halides is 1. The van der Waals surface area contributed by atoms with Crippen LogP contribution >= 0.6 is 0 Å². The molecule has 3 heteroatoms. The van der Waals surface area contributed by atoms with Gasteiger partial charge in [-0.25, -0.2) is 0 Å². The van der Waals surface area contributed by atoms with Crippen LogP contribution in [0.3, 0.4) is 0 Å². The fourth-order valence-corrected chi connectivity index (χ4v) is 9.72. The molecular formula is C27H45FO2. The average Bonchev–Trinajstić information content (AvgIpc) is 3.26. The Kier molecular flexibility index (Phi) is 5.38. The Labute approximate surface area is 183 Å². The van der Waals surface area contributed by atoms with E-state index in [1.807, 2.05) is 0 Å². The predicted molar refractivity (Wildman–Crippen MR) is 119 cm³/mol. The van der Waals surface area contributed by atoms with Crippen LogP contribution in [0.15, 0.2) is 0 Å². The summed E-state index contributed by atoms with van der Waals surface area (Å²) in [5.41, 5.74) is -0.183. The molecule has 4 unspecified atom stereocenters. The largest absolute Gasteiger partial charge is 0.393 e. The van der Waals surface area contributed by atoms with Crippen LogP contribution < -0.4 is 0 Å². The van der Waals surface area contributed by atoms with Gasteiger partial charge in [-0.1, -0.05) is 47.0 Å². The van der Waals surface area contributed by atoms with Gasteiger partial charge in [0.15, 0.2) is 0 Å². The van der Waals surface area contributed by atoms with Crippen molar-refractivity contribution < 1.29 is 14.2 Å². The van der Waals surface area contributed by atoms with Gasteiger partial charge in [-0.3, -0.25) is 4.39 Å². The zero-order valence-electron chi connectivity index (χ0n) is 19.8. The minimum absolute atomic E-state index is 0.217. The fraction of sp³-hybridized carbons (Fsp3) is 1.00. The highest BCUT2D eigenvalue weighted by Gasteiger charge is 2.77. The second-order valence-corrected chi connectivity index (χ2v) is 12.8. The van der Waals surface area contributed by atoms with Crippen molar-refractivity contribution in [3.05, 3.63) is 0 Å². The molecule has 2 nitrogen and oxygen atoms in total. The lowest BCUT2D eigenvalue weighted by atomic mass is 9.44. The second-order valence-electron chi connectivity index (χ2n) is 12.8. The van der Waals surface area contributed by atoms with Crippen molar-refractivity contribution in [3.63, 3.8) is 0 Å². The van der Waals surface area contributed by atoms with Gasteiger partial charge < -0.3 is 9.84 Å². The Morgan fingerprint density at radius 2 is 1.83 bits per heavy atom. The van der Waals surface area contributed by atoms with Crippen LogP contribution in [-0.2, 0) is 4.74 Å². The zero-order valence-corrected chi connectivity index (χ0v) is 19.8. The summed E-state index contributed by atoms with van der Waals surface area (Å²) in [5, 5.41) is 10.3. The van der Waals surface area contributed by atoms with Crippen LogP contribution in [0.25, 0.3) is 0 Å². The minimum atomic E-state index is -0.323. The van der Waals surface area contributed by atoms with E-state index in [2.05, 4.69) is 27.7 Å². The van der Waals surface area contributed by atoms with E-state index in [0.29, 0.717) is 23.7 Å². The lowest BCUT2D eigenvalue weighted by Crippen LogP contribution is -2.61. The third-order valence-electron chi connectivity index (χ3n) is 11.2. The molecule has 0 radical (unpaired) electrons. The molecular weight excluding hydrogens is 375 g/mol. The molecule has 5 aliphatic rings. The van der Waals surface area contributed by atoms with Crippen molar-refractivity contribution in [2.45, 2.75) is 116 Å². The predicted octanol–water partition coefficient (Wildman–Crippen LogP) is 6.55. The molecule has 4 saturated carbocycles. The molecule has 30 heavy (non-hydrogen) atoms. The van der Waals surface area contributed by atoms with Crippen molar-refractivity contribution in [1.29, 1.82) is 0 Å². The van der Waals surface area contributed by atoms with E-state index in [1.54, 1.807) is 0 Å². The molecule has 5 rings (SSSR count). The average molecular weight is 421 g/mol. The van der Waals surface area contributed by atoms with Gasteiger partial charge in [-0.05, 0) is 85.9 Å². The third kappa shape index (κ3) is 2.93. The van der Waals surface area contributed by atoms with E-state index in [4.69, 9.17) is 4.74 Å². The third-order valence-corrected chi connectivity index (χ3v) is 11.2. The van der Waals surface area contributed by atoms with E-state index < -0.39 is 0 Å². The first kappa shape index (κ1) is 21.7. The van der Waals surface area contributed by atoms with Crippen molar-refractivity contribution in [2.75, 3.05) is 6.67 Å². The van der Waals surface area contributed by atoms with Gasteiger partial charge in [0.1, 0.15) is 5.60 Å². The fourth-order valence-electron chi connectivity index (χ4n) is 9.72. The van der Waals surface area contributed by atoms with E-state index in [9.17, 15) is 9.50 Å². The van der Waals surface area contributed by atoms with Crippen molar-refractivity contribution in [3.8, 4) is 0 Å². The first-order chi connectivity index (χ1) is 14.3. The van der Waals surface area contributed by atoms with Gasteiger partial charge in [0, 0.05) is 11.8 Å². The zero-order chi connectivity index (χ0) is 21.3. The Balaban J connectivity index is 1.35. The summed E-state index contributed by atoms with van der Waals surface area (Å²) >= 11 is 0. The summed E-state index contributed by atoms with van der Waals surface area (Å²) in [6.45, 7) is 9.56. The van der Waals surface area contributed by atoms with E-state index in [0.717, 1.165) is 42.9 Å². The van der Waals surface area contributed by atoms with Gasteiger partial charge in [-0.15, -0.1) is 0 Å². The van der Waals surface area contributed by atoms with Gasteiger partial charge in [0.2, 0.25) is 0 Å². The topological polar surface area (TPSA) is 32.8 Å². The van der Waals surface area contributed by atoms with E-state index in [-0.39, 0.29) is 29.9 Å². The molecule has 4 aliphatic carbocycles. The Bertz CT molecular complexity index is 651. The summed E-state index contributed by atoms with van der Waals surface area (Å²) in [6.07, 6.45) is 12.6. The normalized spacial score (nSPS) is 52.9. The van der Waals surface area contributed by atoms with E-state index in [1.165, 1.54) is 44.9 Å². The number of aliphatic hydroxyl groups excluding tert-OH is 1. The molecule has 1 spiro atoms. The maximum absolute atomic E-state index is 14.9. The van der Waals surface area contributed by atoms with Crippen LogP contribution in [0.1, 0.15) is 98.3 Å². The standard InChI is InChI=1S/C27H45FO2/c1-17(2)6-5-7-18(3)21-8-9-22-20-14-24-27(30-24)15-19(29)10-13-26(27,16-28)23(20)11-12-25(21,22)4/h17-24,29H,5-16H2,1-4H3/t18?,19-,20?,21+,22?,23?,24+,25+,26-,27+/m0/s1. The number of epoxide rings is 1. The van der Waals surface area contributed by atoms with Crippen molar-refractivity contribution in [2.24, 2.45) is 46.3 Å². The number of aliphatic hydroxyl groups is 1. The highest BCUT2D eigenvalue weighted by atomic mass is 19.1. The maximum Gasteiger partial charge on any atom is 0.106 e. The molecule has 10 atom stereocenters. The number of fused-ring (bicyclic) bond motifs is 4. The molecule has 0 aromatic rings. The summed E-state index contributed by atoms with van der Waals surface area (Å²) < 4.78 is 21.2. The molecule has 0 bridgehead atoms. The van der Waals surface area contributed by atoms with Gasteiger partial charge >= 0.3 is 0 Å². The lowest BCUT2D eigenvalue weighted by molar-refractivity contribution is -0.133. The Morgan fingerprint density at radius 1 is 1.03 bits per heavy atom. The highest BCUT2D eigenvalue weighted by molar-refractivity contribution is 5.25. The number of hydrogen-bond donors (Lipinski definition) is 1. The maximum atomic E-state index is 14.9. The second kappa shape index (κ2) is 7.44. The van der Waals surface area contributed by atoms with Crippen LogP contribution in [-0.4, -0.2) is 29.6 Å². The molecule has 172 valence electrons. The summed E-state index contributed by atoms with van der Waals surface area (Å²) in [6, 6.07) is 0. The quantitative estimate of drug-likeness (QED) is 0.494. The SMILES string of the molecule is CC(C)CCCC(C)[C@H]1CCC2C3C[C@H]4O[C@]45C[C@@H](O)CC[C@]5(CF)C3CC[C@@]21C. The molecule has 5 fully saturated rings. The molecule has 0 amide bonds. The summed E-state index contributed by atoms with van der Waals surface area (Å²) in [5.74, 6) is 4.34. The van der Waals surface area contributed by atoms with Gasteiger partial charge in [0.25, 0.3) is 0 Å². The molecule has 1 aliphatic heterocycles. The molecule has 1 N–H and O–H groups in total. The van der Waals surface area contributed by atoms with Crippen LogP contribution in [0.5, 0.6) is 0 Å². The van der Waals surface area contributed by atoms with E-state index >= 15 is 0 Å². The molecule has 1 heterocycles. The summed E-state index contributed by atoms with van der Waals surface area (Å²) in [4.78, 5) is 0. The first-order valence-electron chi connectivity index (χ1n) is 13.2. The Hall–Kier alpha value is -0.150. The number of rotatable bonds is 6. The number of halogens is 1. The Morgan fingerprint density at radius 3 is 2.57 bits per heavy atom. The molecule has 0 aromatic heterocycles.